The second-order valence-corrected chi connectivity index (χ2v) is 7.81. The summed E-state index contributed by atoms with van der Waals surface area (Å²) in [4.78, 5) is 25.2. The van der Waals surface area contributed by atoms with E-state index in [1.807, 2.05) is 30.3 Å². The summed E-state index contributed by atoms with van der Waals surface area (Å²) in [6.07, 6.45) is 0.407. The summed E-state index contributed by atoms with van der Waals surface area (Å²) in [7, 11) is -3.86. The minimum Gasteiger partial charge on any atom is -0.366 e. The van der Waals surface area contributed by atoms with E-state index < -0.39 is 22.0 Å². The SMILES string of the molecule is NC(=O)c1ccc(S(=O)(=O)N[C@H]2CCN(Cc3ccccc3)C2=O)cc1. The fourth-order valence-electron chi connectivity index (χ4n) is 2.86. The molecule has 1 saturated heterocycles. The van der Waals surface area contributed by atoms with Gasteiger partial charge in [0.25, 0.3) is 0 Å². The van der Waals surface area contributed by atoms with E-state index in [4.69, 9.17) is 5.73 Å². The van der Waals surface area contributed by atoms with Gasteiger partial charge in [0.1, 0.15) is 6.04 Å². The van der Waals surface area contributed by atoms with E-state index in [0.29, 0.717) is 19.5 Å². The summed E-state index contributed by atoms with van der Waals surface area (Å²) in [5.74, 6) is -0.879. The lowest BCUT2D eigenvalue weighted by atomic mass is 10.2. The number of nitrogens with two attached hydrogens (primary N) is 1. The molecule has 0 saturated carbocycles. The van der Waals surface area contributed by atoms with Gasteiger partial charge in [0, 0.05) is 18.7 Å². The molecule has 1 aliphatic heterocycles. The molecule has 3 rings (SSSR count). The second-order valence-electron chi connectivity index (χ2n) is 6.10. The van der Waals surface area contributed by atoms with Crippen LogP contribution in [0.1, 0.15) is 22.3 Å². The second kappa shape index (κ2) is 7.27. The van der Waals surface area contributed by atoms with E-state index in [9.17, 15) is 18.0 Å². The van der Waals surface area contributed by atoms with Crippen molar-refractivity contribution in [2.45, 2.75) is 23.9 Å². The lowest BCUT2D eigenvalue weighted by Crippen LogP contribution is -2.41. The van der Waals surface area contributed by atoms with Crippen LogP contribution in [0.25, 0.3) is 0 Å². The molecule has 8 heteroatoms. The number of sulfonamides is 1. The van der Waals surface area contributed by atoms with Crippen LogP contribution in [0.2, 0.25) is 0 Å². The van der Waals surface area contributed by atoms with E-state index in [1.54, 1.807) is 4.90 Å². The Hall–Kier alpha value is -2.71. The maximum Gasteiger partial charge on any atom is 0.248 e. The average Bonchev–Trinajstić information content (AvgIpc) is 2.95. The molecule has 0 spiro atoms. The molecule has 1 atom stereocenters. The van der Waals surface area contributed by atoms with Crippen LogP contribution in [0, 0.1) is 0 Å². The number of benzene rings is 2. The highest BCUT2D eigenvalue weighted by Gasteiger charge is 2.34. The molecule has 2 aromatic rings. The van der Waals surface area contributed by atoms with Crippen LogP contribution >= 0.6 is 0 Å². The standard InChI is InChI=1S/C18H19N3O4S/c19-17(22)14-6-8-15(9-7-14)26(24,25)20-16-10-11-21(18(16)23)12-13-4-2-1-3-5-13/h1-9,16,20H,10-12H2,(H2,19,22)/t16-/m0/s1. The first-order valence-corrected chi connectivity index (χ1v) is 9.60. The van der Waals surface area contributed by atoms with Gasteiger partial charge < -0.3 is 10.6 Å². The topological polar surface area (TPSA) is 110 Å². The fraction of sp³-hybridized carbons (Fsp3) is 0.222. The Morgan fingerprint density at radius 1 is 1.12 bits per heavy atom. The minimum atomic E-state index is -3.86. The third-order valence-corrected chi connectivity index (χ3v) is 5.75. The van der Waals surface area contributed by atoms with Gasteiger partial charge in [0.15, 0.2) is 0 Å². The van der Waals surface area contributed by atoms with Gasteiger partial charge in [-0.1, -0.05) is 30.3 Å². The molecule has 1 aliphatic rings. The molecule has 0 unspecified atom stereocenters. The number of hydrogen-bond donors (Lipinski definition) is 2. The Balaban J connectivity index is 1.68. The Bertz CT molecular complexity index is 911. The monoisotopic (exact) mass is 373 g/mol. The average molecular weight is 373 g/mol. The maximum absolute atomic E-state index is 12.5. The zero-order valence-electron chi connectivity index (χ0n) is 14.0. The number of likely N-dealkylation sites (tertiary alicyclic amines) is 1. The lowest BCUT2D eigenvalue weighted by molar-refractivity contribution is -0.129. The third kappa shape index (κ3) is 3.92. The van der Waals surface area contributed by atoms with Crippen molar-refractivity contribution in [2.24, 2.45) is 5.73 Å². The van der Waals surface area contributed by atoms with Crippen molar-refractivity contribution in [1.82, 2.24) is 9.62 Å². The van der Waals surface area contributed by atoms with Crippen molar-refractivity contribution in [3.05, 3.63) is 65.7 Å². The fourth-order valence-corrected chi connectivity index (χ4v) is 4.09. The van der Waals surface area contributed by atoms with Crippen LogP contribution in [-0.2, 0) is 21.4 Å². The van der Waals surface area contributed by atoms with E-state index in [0.717, 1.165) is 5.56 Å². The third-order valence-electron chi connectivity index (χ3n) is 4.26. The van der Waals surface area contributed by atoms with Gasteiger partial charge in [-0.15, -0.1) is 0 Å². The van der Waals surface area contributed by atoms with Gasteiger partial charge in [-0.3, -0.25) is 9.59 Å². The molecule has 1 heterocycles. The highest BCUT2D eigenvalue weighted by Crippen LogP contribution is 2.18. The number of primary amides is 1. The van der Waals surface area contributed by atoms with Crippen LogP contribution in [0.5, 0.6) is 0 Å². The summed E-state index contributed by atoms with van der Waals surface area (Å²) in [5, 5.41) is 0. The first-order valence-electron chi connectivity index (χ1n) is 8.12. The predicted molar refractivity (Wildman–Crippen MR) is 95.5 cm³/mol. The van der Waals surface area contributed by atoms with E-state index in [1.165, 1.54) is 24.3 Å². The van der Waals surface area contributed by atoms with Crippen LogP contribution in [0.4, 0.5) is 0 Å². The summed E-state index contributed by atoms with van der Waals surface area (Å²) in [5.41, 5.74) is 6.36. The Kier molecular flexibility index (Phi) is 5.06. The van der Waals surface area contributed by atoms with E-state index in [-0.39, 0.29) is 16.4 Å². The number of carbonyl (C=O) groups is 2. The van der Waals surface area contributed by atoms with Crippen LogP contribution in [-0.4, -0.2) is 37.7 Å². The van der Waals surface area contributed by atoms with Crippen molar-refractivity contribution in [3.63, 3.8) is 0 Å². The molecular formula is C18H19N3O4S. The normalized spacial score (nSPS) is 17.5. The Morgan fingerprint density at radius 2 is 1.77 bits per heavy atom. The molecule has 0 aromatic heterocycles. The van der Waals surface area contributed by atoms with Gasteiger partial charge in [-0.25, -0.2) is 8.42 Å². The highest BCUT2D eigenvalue weighted by atomic mass is 32.2. The van der Waals surface area contributed by atoms with Gasteiger partial charge in [0.2, 0.25) is 21.8 Å². The maximum atomic E-state index is 12.5. The molecule has 136 valence electrons. The van der Waals surface area contributed by atoms with Gasteiger partial charge in [-0.2, -0.15) is 4.72 Å². The Labute approximate surface area is 151 Å². The van der Waals surface area contributed by atoms with Crippen molar-refractivity contribution in [3.8, 4) is 0 Å². The number of hydrogen-bond acceptors (Lipinski definition) is 4. The van der Waals surface area contributed by atoms with Crippen LogP contribution in [0.15, 0.2) is 59.5 Å². The summed E-state index contributed by atoms with van der Waals surface area (Å²) in [6.45, 7) is 0.937. The highest BCUT2D eigenvalue weighted by molar-refractivity contribution is 7.89. The van der Waals surface area contributed by atoms with Gasteiger partial charge in [-0.05, 0) is 36.2 Å². The van der Waals surface area contributed by atoms with E-state index in [2.05, 4.69) is 4.72 Å². The quantitative estimate of drug-likeness (QED) is 0.783. The lowest BCUT2D eigenvalue weighted by Gasteiger charge is -2.17. The summed E-state index contributed by atoms with van der Waals surface area (Å²) < 4.78 is 27.4. The largest absolute Gasteiger partial charge is 0.366 e. The van der Waals surface area contributed by atoms with Crippen molar-refractivity contribution in [1.29, 1.82) is 0 Å². The smallest absolute Gasteiger partial charge is 0.248 e. The number of nitrogens with one attached hydrogen (secondary N) is 1. The number of amides is 2. The zero-order chi connectivity index (χ0) is 18.7. The molecule has 0 radical (unpaired) electrons. The molecule has 3 N–H and O–H groups in total. The zero-order valence-corrected chi connectivity index (χ0v) is 14.8. The molecule has 2 amide bonds. The van der Waals surface area contributed by atoms with Crippen molar-refractivity contribution < 1.29 is 18.0 Å². The first kappa shape index (κ1) is 18.1. The Morgan fingerprint density at radius 3 is 2.38 bits per heavy atom. The van der Waals surface area contributed by atoms with Crippen LogP contribution in [0.3, 0.4) is 0 Å². The molecule has 1 fully saturated rings. The van der Waals surface area contributed by atoms with E-state index >= 15 is 0 Å². The van der Waals surface area contributed by atoms with Crippen molar-refractivity contribution in [2.75, 3.05) is 6.54 Å². The molecule has 7 nitrogen and oxygen atoms in total. The summed E-state index contributed by atoms with van der Waals surface area (Å²) >= 11 is 0. The number of rotatable bonds is 6. The van der Waals surface area contributed by atoms with Crippen molar-refractivity contribution >= 4 is 21.8 Å². The van der Waals surface area contributed by atoms with Gasteiger partial charge in [0.05, 0.1) is 4.90 Å². The molecule has 2 aromatic carbocycles. The molecular weight excluding hydrogens is 354 g/mol. The molecule has 0 bridgehead atoms. The van der Waals surface area contributed by atoms with Gasteiger partial charge >= 0.3 is 0 Å². The number of carbonyl (C=O) groups excluding carboxylic acids is 2. The summed E-state index contributed by atoms with van der Waals surface area (Å²) in [6, 6.07) is 14.0. The molecule has 26 heavy (non-hydrogen) atoms. The first-order chi connectivity index (χ1) is 12.4. The molecule has 0 aliphatic carbocycles. The number of nitrogens with zero attached hydrogens (tertiary/aromatic N) is 1. The predicted octanol–water partition coefficient (Wildman–Crippen LogP) is 0.865. The van der Waals surface area contributed by atoms with Crippen LogP contribution < -0.4 is 10.5 Å². The minimum absolute atomic E-state index is 0.0168.